The zero-order chi connectivity index (χ0) is 8.53. The summed E-state index contributed by atoms with van der Waals surface area (Å²) in [5.74, 6) is 0.912. The zero-order valence-corrected chi connectivity index (χ0v) is 8.19. The van der Waals surface area contributed by atoms with Crippen molar-refractivity contribution in [3.63, 3.8) is 0 Å². The van der Waals surface area contributed by atoms with Gasteiger partial charge >= 0.3 is 8.25 Å². The first-order valence-corrected chi connectivity index (χ1v) is 5.43. The van der Waals surface area contributed by atoms with Crippen molar-refractivity contribution in [3.8, 4) is 0 Å². The summed E-state index contributed by atoms with van der Waals surface area (Å²) in [4.78, 5) is 8.23. The van der Waals surface area contributed by atoms with E-state index in [-0.39, 0.29) is 0 Å². The molecule has 66 valence electrons. The average molecular weight is 197 g/mol. The van der Waals surface area contributed by atoms with Crippen molar-refractivity contribution in [2.75, 3.05) is 12.4 Å². The van der Waals surface area contributed by atoms with Crippen molar-refractivity contribution in [2.24, 2.45) is 0 Å². The molecule has 1 unspecified atom stereocenters. The van der Waals surface area contributed by atoms with Gasteiger partial charge in [-0.25, -0.2) is 0 Å². The van der Waals surface area contributed by atoms with Crippen molar-refractivity contribution < 1.29 is 14.0 Å². The predicted molar refractivity (Wildman–Crippen MR) is 48.1 cm³/mol. The Bertz CT molecular complexity index is 110. The first-order chi connectivity index (χ1) is 5.27. The predicted octanol–water partition coefficient (Wildman–Crippen LogP) is 2.14. The molecule has 0 heterocycles. The minimum absolute atomic E-state index is 0.387. The summed E-state index contributed by atoms with van der Waals surface area (Å²) in [6.45, 7) is 0.387. The summed E-state index contributed by atoms with van der Waals surface area (Å²) in [6, 6.07) is 0. The molecule has 0 rings (SSSR count). The van der Waals surface area contributed by atoms with Gasteiger partial charge in [-0.3, -0.25) is 0 Å². The quantitative estimate of drug-likeness (QED) is 0.373. The van der Waals surface area contributed by atoms with Crippen LogP contribution < -0.4 is 0 Å². The van der Waals surface area contributed by atoms with Crippen LogP contribution in [0.25, 0.3) is 0 Å². The van der Waals surface area contributed by atoms with Gasteiger partial charge in [-0.1, -0.05) is 12.8 Å². The second kappa shape index (κ2) is 8.47. The Morgan fingerprint density at radius 3 is 2.45 bits per heavy atom. The molecular formula is C6H14O3PS+. The van der Waals surface area contributed by atoms with Gasteiger partial charge < -0.3 is 0 Å². The molecule has 0 aliphatic rings. The second-order valence-corrected chi connectivity index (χ2v) is 3.39. The molecule has 0 amide bonds. The van der Waals surface area contributed by atoms with E-state index >= 15 is 0 Å². The van der Waals surface area contributed by atoms with Gasteiger partial charge in [0, 0.05) is 4.57 Å². The van der Waals surface area contributed by atoms with E-state index < -0.39 is 8.25 Å². The molecule has 0 aliphatic heterocycles. The Morgan fingerprint density at radius 1 is 1.27 bits per heavy atom. The molecule has 0 saturated carbocycles. The van der Waals surface area contributed by atoms with Gasteiger partial charge in [-0.2, -0.15) is 12.6 Å². The molecule has 3 nitrogen and oxygen atoms in total. The van der Waals surface area contributed by atoms with E-state index in [1.165, 1.54) is 0 Å². The number of hydrogen-bond acceptors (Lipinski definition) is 3. The van der Waals surface area contributed by atoms with Crippen LogP contribution in [0.4, 0.5) is 0 Å². The first kappa shape index (κ1) is 11.4. The summed E-state index contributed by atoms with van der Waals surface area (Å²) in [5, 5.41) is 0. The highest BCUT2D eigenvalue weighted by atomic mass is 32.1. The smallest absolute Gasteiger partial charge is 0.179 e. The molecule has 1 N–H and O–H groups in total. The maximum atomic E-state index is 10.0. The Labute approximate surface area is 73.5 Å². The third kappa shape index (κ3) is 10.4. The summed E-state index contributed by atoms with van der Waals surface area (Å²) in [6.07, 6.45) is 4.13. The highest BCUT2D eigenvalue weighted by Crippen LogP contribution is 2.15. The second-order valence-electron chi connectivity index (χ2n) is 2.21. The van der Waals surface area contributed by atoms with E-state index in [1.54, 1.807) is 0 Å². The maximum Gasteiger partial charge on any atom is 0.694 e. The summed E-state index contributed by atoms with van der Waals surface area (Å²) in [5.41, 5.74) is 0. The number of hydrogen-bond donors (Lipinski definition) is 2. The Morgan fingerprint density at radius 2 is 1.91 bits per heavy atom. The highest BCUT2D eigenvalue weighted by molar-refractivity contribution is 7.80. The van der Waals surface area contributed by atoms with Crippen LogP contribution >= 0.6 is 20.9 Å². The van der Waals surface area contributed by atoms with E-state index in [0.29, 0.717) is 6.61 Å². The summed E-state index contributed by atoms with van der Waals surface area (Å²) >= 11 is 4.06. The van der Waals surface area contributed by atoms with E-state index in [2.05, 4.69) is 17.2 Å². The zero-order valence-electron chi connectivity index (χ0n) is 6.40. The van der Waals surface area contributed by atoms with Gasteiger partial charge in [0.05, 0.1) is 0 Å². The molecule has 0 saturated heterocycles. The van der Waals surface area contributed by atoms with Gasteiger partial charge in [-0.15, -0.1) is 9.42 Å². The third-order valence-electron chi connectivity index (χ3n) is 1.25. The molecule has 0 bridgehead atoms. The lowest BCUT2D eigenvalue weighted by Gasteiger charge is -1.93. The number of rotatable bonds is 7. The lowest BCUT2D eigenvalue weighted by atomic mass is 10.2. The van der Waals surface area contributed by atoms with Crippen molar-refractivity contribution in [1.82, 2.24) is 0 Å². The highest BCUT2D eigenvalue weighted by Gasteiger charge is 2.09. The van der Waals surface area contributed by atoms with Crippen LogP contribution in [0.5, 0.6) is 0 Å². The lowest BCUT2D eigenvalue weighted by Crippen LogP contribution is -1.87. The molecule has 1 atom stereocenters. The number of unbranched alkanes of at least 4 members (excludes halogenated alkanes) is 3. The van der Waals surface area contributed by atoms with E-state index in [9.17, 15) is 4.57 Å². The van der Waals surface area contributed by atoms with Crippen molar-refractivity contribution in [2.45, 2.75) is 25.7 Å². The monoisotopic (exact) mass is 197 g/mol. The maximum absolute atomic E-state index is 10.0. The topological polar surface area (TPSA) is 46.5 Å². The fraction of sp³-hybridized carbons (Fsp3) is 1.00. The van der Waals surface area contributed by atoms with Crippen molar-refractivity contribution in [1.29, 1.82) is 0 Å². The van der Waals surface area contributed by atoms with Crippen LogP contribution in [0.3, 0.4) is 0 Å². The third-order valence-corrected chi connectivity index (χ3v) is 1.97. The normalized spacial score (nSPS) is 11.6. The van der Waals surface area contributed by atoms with Crippen LogP contribution in [0.2, 0.25) is 0 Å². The fourth-order valence-corrected chi connectivity index (χ4v) is 1.22. The minimum atomic E-state index is -2.39. The van der Waals surface area contributed by atoms with Crippen LogP contribution in [0.1, 0.15) is 25.7 Å². The molecular weight excluding hydrogens is 183 g/mol. The van der Waals surface area contributed by atoms with E-state index in [4.69, 9.17) is 4.89 Å². The first-order valence-electron chi connectivity index (χ1n) is 3.67. The molecule has 0 fully saturated rings. The van der Waals surface area contributed by atoms with Crippen LogP contribution in [-0.4, -0.2) is 17.3 Å². The van der Waals surface area contributed by atoms with Gasteiger partial charge in [0.2, 0.25) is 0 Å². The fourth-order valence-electron chi connectivity index (χ4n) is 0.710. The van der Waals surface area contributed by atoms with Crippen LogP contribution in [-0.2, 0) is 9.09 Å². The molecule has 11 heavy (non-hydrogen) atoms. The molecule has 0 aromatic carbocycles. The minimum Gasteiger partial charge on any atom is -0.179 e. The SMILES string of the molecule is O=[P+](O)OCCCCCCS. The Hall–Kier alpha value is 0.370. The molecule has 0 radical (unpaired) electrons. The Kier molecular flexibility index (Phi) is 8.75. The standard InChI is InChI=1S/C6H13O3PS/c7-10(8)9-5-3-1-2-4-6-11/h1-6H2,(H-,7,8,11)/p+1. The lowest BCUT2D eigenvalue weighted by molar-refractivity contribution is 0.274. The Balaban J connectivity index is 2.85. The van der Waals surface area contributed by atoms with E-state index in [1.807, 2.05) is 0 Å². The molecule has 5 heteroatoms. The number of thiol groups is 1. The molecule has 0 aromatic heterocycles. The largest absolute Gasteiger partial charge is 0.694 e. The average Bonchev–Trinajstić information content (AvgIpc) is 1.96. The van der Waals surface area contributed by atoms with Gasteiger partial charge in [0.25, 0.3) is 0 Å². The van der Waals surface area contributed by atoms with E-state index in [0.717, 1.165) is 31.4 Å². The van der Waals surface area contributed by atoms with Gasteiger partial charge in [0.1, 0.15) is 6.61 Å². The molecule has 0 spiro atoms. The summed E-state index contributed by atoms with van der Waals surface area (Å²) < 4.78 is 14.5. The van der Waals surface area contributed by atoms with Crippen LogP contribution in [0, 0.1) is 0 Å². The van der Waals surface area contributed by atoms with Gasteiger partial charge in [-0.05, 0) is 18.6 Å². The van der Waals surface area contributed by atoms with Crippen molar-refractivity contribution >= 4 is 20.9 Å². The van der Waals surface area contributed by atoms with Crippen molar-refractivity contribution in [3.05, 3.63) is 0 Å². The van der Waals surface area contributed by atoms with Crippen LogP contribution in [0.15, 0.2) is 0 Å². The van der Waals surface area contributed by atoms with Gasteiger partial charge in [0.15, 0.2) is 0 Å². The molecule has 0 aromatic rings. The summed E-state index contributed by atoms with van der Waals surface area (Å²) in [7, 11) is -2.39. The molecule has 0 aliphatic carbocycles.